The first-order valence-corrected chi connectivity index (χ1v) is 7.78. The number of hydrogen-bond donors (Lipinski definition) is 1. The van der Waals surface area contributed by atoms with Gasteiger partial charge in [-0.2, -0.15) is 5.10 Å². The second kappa shape index (κ2) is 6.64. The van der Waals surface area contributed by atoms with Crippen molar-refractivity contribution in [3.63, 3.8) is 0 Å². The average molecular weight is 312 g/mol. The Morgan fingerprint density at radius 3 is 2.48 bits per heavy atom. The third kappa shape index (κ3) is 3.77. The summed E-state index contributed by atoms with van der Waals surface area (Å²) in [5.74, 6) is -0.0198. The first kappa shape index (κ1) is 15.3. The molecule has 0 unspecified atom stereocenters. The van der Waals surface area contributed by atoms with Crippen LogP contribution in [0.4, 0.5) is 5.69 Å². The number of rotatable bonds is 4. The first-order chi connectivity index (χ1) is 11.1. The van der Waals surface area contributed by atoms with Crippen molar-refractivity contribution >= 4 is 17.5 Å². The van der Waals surface area contributed by atoms with Gasteiger partial charge in [-0.3, -0.25) is 14.3 Å². The third-order valence-electron chi connectivity index (χ3n) is 3.99. The molecule has 1 N–H and O–H groups in total. The van der Waals surface area contributed by atoms with Crippen molar-refractivity contribution in [3.05, 3.63) is 47.8 Å². The smallest absolute Gasteiger partial charge is 0.258 e. The molecule has 0 bridgehead atoms. The number of aromatic nitrogens is 2. The summed E-state index contributed by atoms with van der Waals surface area (Å²) in [5, 5.41) is 6.80. The van der Waals surface area contributed by atoms with Crippen molar-refractivity contribution in [2.45, 2.75) is 19.3 Å². The van der Waals surface area contributed by atoms with Gasteiger partial charge in [0.2, 0.25) is 5.91 Å². The second-order valence-corrected chi connectivity index (χ2v) is 5.82. The molecule has 2 heterocycles. The number of hydrogen-bond acceptors (Lipinski definition) is 3. The van der Waals surface area contributed by atoms with Gasteiger partial charge in [0.05, 0.1) is 18.2 Å². The largest absolute Gasteiger partial charge is 0.342 e. The Labute approximate surface area is 135 Å². The van der Waals surface area contributed by atoms with Crippen molar-refractivity contribution < 1.29 is 9.59 Å². The monoisotopic (exact) mass is 312 g/mol. The minimum absolute atomic E-state index is 0.176. The molecule has 120 valence electrons. The number of carbonyl (C=O) groups excluding carboxylic acids is 2. The highest BCUT2D eigenvalue weighted by Crippen LogP contribution is 2.14. The maximum Gasteiger partial charge on any atom is 0.258 e. The maximum absolute atomic E-state index is 12.1. The minimum Gasteiger partial charge on any atom is -0.342 e. The molecule has 3 rings (SSSR count). The molecule has 6 nitrogen and oxygen atoms in total. The van der Waals surface area contributed by atoms with Crippen molar-refractivity contribution in [1.29, 1.82) is 0 Å². The van der Waals surface area contributed by atoms with Crippen LogP contribution in [0, 0.1) is 0 Å². The second-order valence-electron chi connectivity index (χ2n) is 5.82. The zero-order chi connectivity index (χ0) is 16.2. The van der Waals surface area contributed by atoms with E-state index in [0.29, 0.717) is 17.7 Å². The molecular weight excluding hydrogens is 292 g/mol. The van der Waals surface area contributed by atoms with E-state index in [1.807, 2.05) is 29.2 Å². The van der Waals surface area contributed by atoms with E-state index in [2.05, 4.69) is 10.4 Å². The van der Waals surface area contributed by atoms with Crippen LogP contribution in [0.3, 0.4) is 0 Å². The molecule has 1 aromatic heterocycles. The van der Waals surface area contributed by atoms with Crippen LogP contribution in [0.5, 0.6) is 0 Å². The lowest BCUT2D eigenvalue weighted by molar-refractivity contribution is -0.129. The molecular formula is C17H20N4O2. The minimum atomic E-state index is -0.195. The van der Waals surface area contributed by atoms with Gasteiger partial charge in [0.25, 0.3) is 5.91 Å². The summed E-state index contributed by atoms with van der Waals surface area (Å²) in [6, 6.07) is 7.40. The van der Waals surface area contributed by atoms with Crippen LogP contribution in [-0.2, 0) is 18.3 Å². The highest BCUT2D eigenvalue weighted by Gasteiger charge is 2.17. The standard InChI is InChI=1S/C17H20N4O2/c1-20-12-14(11-18-20)17(23)19-15-6-4-13(5-7-15)10-16(22)21-8-2-3-9-21/h4-7,11-12H,2-3,8-10H2,1H3,(H,19,23). The number of benzene rings is 1. The Morgan fingerprint density at radius 2 is 1.87 bits per heavy atom. The molecule has 0 saturated carbocycles. The molecule has 2 amide bonds. The molecule has 1 aliphatic rings. The summed E-state index contributed by atoms with van der Waals surface area (Å²) < 4.78 is 1.59. The van der Waals surface area contributed by atoms with Crippen molar-refractivity contribution in [1.82, 2.24) is 14.7 Å². The van der Waals surface area contributed by atoms with Gasteiger partial charge in [0.15, 0.2) is 0 Å². The summed E-state index contributed by atoms with van der Waals surface area (Å²) in [6.45, 7) is 1.75. The highest BCUT2D eigenvalue weighted by atomic mass is 16.2. The third-order valence-corrected chi connectivity index (χ3v) is 3.99. The fourth-order valence-corrected chi connectivity index (χ4v) is 2.70. The van der Waals surface area contributed by atoms with Crippen molar-refractivity contribution in [2.75, 3.05) is 18.4 Å². The van der Waals surface area contributed by atoms with E-state index in [0.717, 1.165) is 31.5 Å². The molecule has 0 spiro atoms. The molecule has 0 aliphatic carbocycles. The summed E-state index contributed by atoms with van der Waals surface area (Å²) in [4.78, 5) is 26.1. The number of nitrogens with one attached hydrogen (secondary N) is 1. The van der Waals surface area contributed by atoms with Gasteiger partial charge in [0, 0.05) is 32.0 Å². The van der Waals surface area contributed by atoms with E-state index in [-0.39, 0.29) is 11.8 Å². The normalized spacial score (nSPS) is 14.0. The molecule has 0 radical (unpaired) electrons. The first-order valence-electron chi connectivity index (χ1n) is 7.78. The Morgan fingerprint density at radius 1 is 1.17 bits per heavy atom. The number of carbonyl (C=O) groups is 2. The van der Waals surface area contributed by atoms with Gasteiger partial charge >= 0.3 is 0 Å². The summed E-state index contributed by atoms with van der Waals surface area (Å²) in [5.41, 5.74) is 2.18. The van der Waals surface area contributed by atoms with Crippen molar-refractivity contribution in [3.8, 4) is 0 Å². The van der Waals surface area contributed by atoms with Gasteiger partial charge in [-0.1, -0.05) is 12.1 Å². The van der Waals surface area contributed by atoms with Crippen LogP contribution in [0.2, 0.25) is 0 Å². The van der Waals surface area contributed by atoms with Crippen LogP contribution in [0.25, 0.3) is 0 Å². The van der Waals surface area contributed by atoms with Crippen LogP contribution >= 0.6 is 0 Å². The number of nitrogens with zero attached hydrogens (tertiary/aromatic N) is 3. The zero-order valence-electron chi connectivity index (χ0n) is 13.2. The Kier molecular flexibility index (Phi) is 4.41. The number of amides is 2. The lowest BCUT2D eigenvalue weighted by Crippen LogP contribution is -2.29. The quantitative estimate of drug-likeness (QED) is 0.936. The lowest BCUT2D eigenvalue weighted by Gasteiger charge is -2.15. The molecule has 2 aromatic rings. The van der Waals surface area contributed by atoms with Crippen LogP contribution < -0.4 is 5.32 Å². The van der Waals surface area contributed by atoms with E-state index in [1.165, 1.54) is 6.20 Å². The summed E-state index contributed by atoms with van der Waals surface area (Å²) in [7, 11) is 1.77. The van der Waals surface area contributed by atoms with E-state index in [9.17, 15) is 9.59 Å². The van der Waals surface area contributed by atoms with Crippen LogP contribution in [-0.4, -0.2) is 39.6 Å². The van der Waals surface area contributed by atoms with Gasteiger partial charge in [-0.25, -0.2) is 0 Å². The molecule has 1 saturated heterocycles. The summed E-state index contributed by atoms with van der Waals surface area (Å²) >= 11 is 0. The molecule has 6 heteroatoms. The topological polar surface area (TPSA) is 67.2 Å². The van der Waals surface area contributed by atoms with E-state index in [4.69, 9.17) is 0 Å². The van der Waals surface area contributed by atoms with E-state index >= 15 is 0 Å². The Hall–Kier alpha value is -2.63. The highest BCUT2D eigenvalue weighted by molar-refractivity contribution is 6.03. The van der Waals surface area contributed by atoms with Gasteiger partial charge < -0.3 is 10.2 Å². The molecule has 1 aliphatic heterocycles. The predicted molar refractivity (Wildman–Crippen MR) is 87.1 cm³/mol. The SMILES string of the molecule is Cn1cc(C(=O)Nc2ccc(CC(=O)N3CCCC3)cc2)cn1. The Balaban J connectivity index is 1.58. The average Bonchev–Trinajstić information content (AvgIpc) is 3.20. The van der Waals surface area contributed by atoms with Crippen LogP contribution in [0.15, 0.2) is 36.7 Å². The number of likely N-dealkylation sites (tertiary alicyclic amines) is 1. The fourth-order valence-electron chi connectivity index (χ4n) is 2.70. The molecule has 23 heavy (non-hydrogen) atoms. The zero-order valence-corrected chi connectivity index (χ0v) is 13.2. The lowest BCUT2D eigenvalue weighted by atomic mass is 10.1. The van der Waals surface area contributed by atoms with Gasteiger partial charge in [-0.05, 0) is 30.5 Å². The number of anilines is 1. The Bertz CT molecular complexity index is 700. The molecule has 0 atom stereocenters. The predicted octanol–water partition coefficient (Wildman–Crippen LogP) is 1.84. The van der Waals surface area contributed by atoms with Crippen molar-refractivity contribution in [2.24, 2.45) is 7.05 Å². The van der Waals surface area contributed by atoms with Gasteiger partial charge in [-0.15, -0.1) is 0 Å². The molecule has 1 aromatic carbocycles. The molecule has 1 fully saturated rings. The maximum atomic E-state index is 12.1. The van der Waals surface area contributed by atoms with E-state index < -0.39 is 0 Å². The summed E-state index contributed by atoms with van der Waals surface area (Å²) in [6.07, 6.45) is 5.81. The van der Waals surface area contributed by atoms with Gasteiger partial charge in [0.1, 0.15) is 0 Å². The van der Waals surface area contributed by atoms with Crippen LogP contribution in [0.1, 0.15) is 28.8 Å². The van der Waals surface area contributed by atoms with E-state index in [1.54, 1.807) is 17.9 Å². The number of aryl methyl sites for hydroxylation is 1. The fraction of sp³-hybridized carbons (Fsp3) is 0.353.